The lowest BCUT2D eigenvalue weighted by Gasteiger charge is -2.23. The van der Waals surface area contributed by atoms with Crippen molar-refractivity contribution in [2.75, 3.05) is 0 Å². The Labute approximate surface area is 74.8 Å². The third-order valence-corrected chi connectivity index (χ3v) is 7.88. The summed E-state index contributed by atoms with van der Waals surface area (Å²) in [6.07, 6.45) is 4.18. The highest BCUT2D eigenvalue weighted by molar-refractivity contribution is 6.79. The normalized spacial score (nSPS) is 11.4. The molecule has 0 radical (unpaired) electrons. The van der Waals surface area contributed by atoms with E-state index in [1.54, 1.807) is 0 Å². The fraction of sp³-hybridized carbons (Fsp3) is 0.556. The van der Waals surface area contributed by atoms with Crippen molar-refractivity contribution in [2.24, 2.45) is 0 Å². The van der Waals surface area contributed by atoms with Gasteiger partial charge in [-0.05, 0) is 12.1 Å². The maximum absolute atomic E-state index is 3.82. The quantitative estimate of drug-likeness (QED) is 0.439. The van der Waals surface area contributed by atoms with Crippen LogP contribution in [0.5, 0.6) is 0 Å². The van der Waals surface area contributed by atoms with Gasteiger partial charge in [0, 0.05) is 10.2 Å². The number of hydrogen-bond donors (Lipinski definition) is 0. The van der Waals surface area contributed by atoms with Crippen LogP contribution in [-0.4, -0.2) is 18.3 Å². The third kappa shape index (κ3) is 4.37. The lowest BCUT2D eigenvalue weighted by atomic mass is 10.7. The monoisotopic (exact) mass is 184 g/mol. The van der Waals surface area contributed by atoms with Gasteiger partial charge in [0.25, 0.3) is 0 Å². The summed E-state index contributed by atoms with van der Waals surface area (Å²) in [6, 6.07) is 5.45. The van der Waals surface area contributed by atoms with Crippen molar-refractivity contribution in [3.05, 3.63) is 25.3 Å². The molecule has 0 nitrogen and oxygen atoms in total. The first-order chi connectivity index (χ1) is 5.18. The Balaban J connectivity index is 3.98. The van der Waals surface area contributed by atoms with Gasteiger partial charge in [0.2, 0.25) is 0 Å². The molecule has 0 rings (SSSR count). The third-order valence-electron chi connectivity index (χ3n) is 2.13. The largest absolute Gasteiger partial charge is 0.103 e. The van der Waals surface area contributed by atoms with E-state index < -0.39 is 8.07 Å². The predicted octanol–water partition coefficient (Wildman–Crippen LogP) is 2.22. The highest BCUT2D eigenvalue weighted by Gasteiger charge is 2.21. The van der Waals surface area contributed by atoms with Crippen LogP contribution in [-0.2, 0) is 0 Å². The molecule has 0 unspecified atom stereocenters. The van der Waals surface area contributed by atoms with Gasteiger partial charge in [-0.1, -0.05) is 30.8 Å². The van der Waals surface area contributed by atoms with Gasteiger partial charge in [0.15, 0.2) is 0 Å². The van der Waals surface area contributed by atoms with Crippen molar-refractivity contribution in [2.45, 2.75) is 30.7 Å². The van der Waals surface area contributed by atoms with E-state index in [1.165, 1.54) is 34.4 Å². The topological polar surface area (TPSA) is 0 Å². The highest BCUT2D eigenvalue weighted by Crippen LogP contribution is 2.22. The molecule has 2 heteroatoms. The number of hydrogen-bond acceptors (Lipinski definition) is 0. The van der Waals surface area contributed by atoms with E-state index in [-0.39, 0.29) is 0 Å². The molecule has 0 N–H and O–H groups in total. The molecular formula is C9H20Si2. The molecule has 0 amide bonds. The summed E-state index contributed by atoms with van der Waals surface area (Å²) < 4.78 is 0. The van der Waals surface area contributed by atoms with Gasteiger partial charge in [0.1, 0.15) is 0 Å². The molecule has 11 heavy (non-hydrogen) atoms. The number of rotatable bonds is 6. The van der Waals surface area contributed by atoms with E-state index in [9.17, 15) is 0 Å². The summed E-state index contributed by atoms with van der Waals surface area (Å²) in [7, 11) is 0.399. The number of allylic oxidation sites excluding steroid dienone is 2. The first-order valence-electron chi connectivity index (χ1n) is 4.40. The lowest BCUT2D eigenvalue weighted by molar-refractivity contribution is 1.26. The molecule has 0 saturated carbocycles. The molecule has 0 spiro atoms. The van der Waals surface area contributed by atoms with Gasteiger partial charge in [-0.25, -0.2) is 0 Å². The molecule has 0 atom stereocenters. The predicted molar refractivity (Wildman–Crippen MR) is 61.2 cm³/mol. The van der Waals surface area contributed by atoms with Gasteiger partial charge in [-0.3, -0.25) is 0 Å². The Morgan fingerprint density at radius 2 is 1.73 bits per heavy atom. The molecule has 0 bridgehead atoms. The zero-order valence-corrected chi connectivity index (χ0v) is 10.9. The molecule has 0 aromatic carbocycles. The molecule has 0 aliphatic heterocycles. The molecule has 0 saturated heterocycles. The highest BCUT2D eigenvalue weighted by atomic mass is 28.3. The summed E-state index contributed by atoms with van der Waals surface area (Å²) in [4.78, 5) is 0. The first-order valence-corrected chi connectivity index (χ1v) is 8.94. The second-order valence-corrected chi connectivity index (χ2v) is 9.48. The standard InChI is InChI=1S/C9H20Si2/c1-4-7-11(3,8-5-2)9-6-10/h4-5H,1-2,6-9H2,3,10H3. The van der Waals surface area contributed by atoms with Crippen LogP contribution in [0.3, 0.4) is 0 Å². The summed E-state index contributed by atoms with van der Waals surface area (Å²) in [5.74, 6) is 0. The van der Waals surface area contributed by atoms with E-state index in [0.717, 1.165) is 0 Å². The van der Waals surface area contributed by atoms with Crippen molar-refractivity contribution >= 4 is 18.3 Å². The van der Waals surface area contributed by atoms with E-state index >= 15 is 0 Å². The molecule has 64 valence electrons. The average Bonchev–Trinajstić information content (AvgIpc) is 1.88. The molecule has 0 aliphatic carbocycles. The van der Waals surface area contributed by atoms with Gasteiger partial charge in [0.05, 0.1) is 8.07 Å². The Hall–Kier alpha value is -0.0862. The second-order valence-electron chi connectivity index (χ2n) is 3.55. The van der Waals surface area contributed by atoms with Crippen LogP contribution in [0.2, 0.25) is 30.7 Å². The van der Waals surface area contributed by atoms with Gasteiger partial charge >= 0.3 is 0 Å². The van der Waals surface area contributed by atoms with E-state index in [2.05, 4.69) is 31.9 Å². The lowest BCUT2D eigenvalue weighted by Crippen LogP contribution is -2.27. The van der Waals surface area contributed by atoms with Gasteiger partial charge in [-0.15, -0.1) is 13.2 Å². The van der Waals surface area contributed by atoms with Crippen LogP contribution in [0.4, 0.5) is 0 Å². The minimum absolute atomic E-state index is 0.951. The summed E-state index contributed by atoms with van der Waals surface area (Å²) in [5, 5.41) is 0. The second kappa shape index (κ2) is 5.55. The van der Waals surface area contributed by atoms with E-state index in [1.807, 2.05) is 0 Å². The van der Waals surface area contributed by atoms with Crippen molar-refractivity contribution in [3.8, 4) is 0 Å². The zero-order valence-electron chi connectivity index (χ0n) is 7.90. The minimum atomic E-state index is -0.951. The molecule has 0 fully saturated rings. The molecule has 0 aromatic rings. The maximum atomic E-state index is 3.82. The van der Waals surface area contributed by atoms with Crippen LogP contribution in [0.15, 0.2) is 25.3 Å². The van der Waals surface area contributed by atoms with Crippen LogP contribution < -0.4 is 0 Å². The fourth-order valence-electron chi connectivity index (χ4n) is 1.59. The summed E-state index contributed by atoms with van der Waals surface area (Å²) in [5.41, 5.74) is 0. The Kier molecular flexibility index (Phi) is 5.51. The summed E-state index contributed by atoms with van der Waals surface area (Å²) >= 11 is 0. The molecule has 0 aromatic heterocycles. The Bertz CT molecular complexity index is 120. The zero-order chi connectivity index (χ0) is 8.74. The van der Waals surface area contributed by atoms with Crippen LogP contribution in [0.25, 0.3) is 0 Å². The molecule has 0 heterocycles. The molecular weight excluding hydrogens is 164 g/mol. The van der Waals surface area contributed by atoms with E-state index in [4.69, 9.17) is 0 Å². The van der Waals surface area contributed by atoms with Crippen LogP contribution >= 0.6 is 0 Å². The SMILES string of the molecule is C=CC[Si](C)(CC=C)CC[SiH3]. The van der Waals surface area contributed by atoms with Crippen molar-refractivity contribution in [1.82, 2.24) is 0 Å². The smallest absolute Gasteiger partial charge is 0.0576 e. The Morgan fingerprint density at radius 3 is 2.00 bits per heavy atom. The average molecular weight is 184 g/mol. The fourth-order valence-corrected chi connectivity index (χ4v) is 8.39. The minimum Gasteiger partial charge on any atom is -0.103 e. The summed E-state index contributed by atoms with van der Waals surface area (Å²) in [6.45, 7) is 10.1. The van der Waals surface area contributed by atoms with Crippen molar-refractivity contribution in [1.29, 1.82) is 0 Å². The van der Waals surface area contributed by atoms with Gasteiger partial charge < -0.3 is 0 Å². The van der Waals surface area contributed by atoms with Crippen molar-refractivity contribution in [3.63, 3.8) is 0 Å². The van der Waals surface area contributed by atoms with Crippen LogP contribution in [0, 0.1) is 0 Å². The van der Waals surface area contributed by atoms with Crippen molar-refractivity contribution < 1.29 is 0 Å². The van der Waals surface area contributed by atoms with Crippen LogP contribution in [0.1, 0.15) is 0 Å². The van der Waals surface area contributed by atoms with E-state index in [0.29, 0.717) is 0 Å². The van der Waals surface area contributed by atoms with Gasteiger partial charge in [-0.2, -0.15) is 0 Å². The maximum Gasteiger partial charge on any atom is 0.0576 e. The Morgan fingerprint density at radius 1 is 1.27 bits per heavy atom. The molecule has 0 aliphatic rings. The first kappa shape index (κ1) is 10.9.